The van der Waals surface area contributed by atoms with Crippen LogP contribution in [0.4, 0.5) is 11.4 Å². The third kappa shape index (κ3) is 6.00. The van der Waals surface area contributed by atoms with Gasteiger partial charge in [0.1, 0.15) is 5.69 Å². The van der Waals surface area contributed by atoms with Gasteiger partial charge in [0.25, 0.3) is 11.2 Å². The van der Waals surface area contributed by atoms with Crippen LogP contribution < -0.4 is 16.0 Å². The summed E-state index contributed by atoms with van der Waals surface area (Å²) in [6.07, 6.45) is 0. The summed E-state index contributed by atoms with van der Waals surface area (Å²) in [5.41, 5.74) is 0.747. The highest BCUT2D eigenvalue weighted by molar-refractivity contribution is 14.1. The highest BCUT2D eigenvalue weighted by Gasteiger charge is 2.20. The van der Waals surface area contributed by atoms with E-state index in [0.29, 0.717) is 22.2 Å². The Labute approximate surface area is 247 Å². The Kier molecular flexibility index (Phi) is 8.40. The number of carbonyl (C=O) groups excluding carboxylic acids is 1. The van der Waals surface area contributed by atoms with Gasteiger partial charge in [0, 0.05) is 13.2 Å². The summed E-state index contributed by atoms with van der Waals surface area (Å²) in [5, 5.41) is 19.7. The highest BCUT2D eigenvalue weighted by atomic mass is 127. The van der Waals surface area contributed by atoms with Crippen molar-refractivity contribution in [2.24, 2.45) is 5.14 Å². The third-order valence-corrected chi connectivity index (χ3v) is 8.64. The molecule has 0 fully saturated rings. The van der Waals surface area contributed by atoms with Crippen molar-refractivity contribution in [3.8, 4) is 5.69 Å². The number of nitrogens with two attached hydrogens (primary N) is 1. The van der Waals surface area contributed by atoms with Crippen molar-refractivity contribution in [3.05, 3.63) is 87.8 Å². The van der Waals surface area contributed by atoms with Crippen molar-refractivity contribution in [2.75, 3.05) is 11.1 Å². The summed E-state index contributed by atoms with van der Waals surface area (Å²) in [4.78, 5) is 41.8. The average Bonchev–Trinajstić information content (AvgIpc) is 2.84. The van der Waals surface area contributed by atoms with Crippen molar-refractivity contribution < 1.29 is 18.1 Å². The van der Waals surface area contributed by atoms with Gasteiger partial charge in [-0.1, -0.05) is 23.9 Å². The van der Waals surface area contributed by atoms with E-state index in [4.69, 9.17) is 5.14 Å². The molecule has 15 heteroatoms. The molecule has 0 unspecified atom stereocenters. The van der Waals surface area contributed by atoms with Crippen molar-refractivity contribution in [2.45, 2.75) is 17.0 Å². The zero-order valence-electron chi connectivity index (χ0n) is 19.3. The first-order chi connectivity index (χ1) is 17.9. The molecular weight excluding hydrogens is 760 g/mol. The lowest BCUT2D eigenvalue weighted by Crippen LogP contribution is -2.23. The number of fused-ring (bicyclic) bond motifs is 1. The molecule has 0 atom stereocenters. The van der Waals surface area contributed by atoms with Crippen LogP contribution in [0.5, 0.6) is 0 Å². The van der Waals surface area contributed by atoms with Gasteiger partial charge in [-0.05, 0) is 94.1 Å². The number of anilines is 1. The monoisotopic (exact) mass is 777 g/mol. The summed E-state index contributed by atoms with van der Waals surface area (Å²) in [7, 11) is -3.94. The lowest BCUT2D eigenvalue weighted by atomic mass is 10.1. The van der Waals surface area contributed by atoms with E-state index < -0.39 is 26.4 Å². The molecule has 38 heavy (non-hydrogen) atoms. The molecule has 11 nitrogen and oxygen atoms in total. The van der Waals surface area contributed by atoms with Crippen LogP contribution in [0.1, 0.15) is 5.56 Å². The first kappa shape index (κ1) is 28.4. The normalized spacial score (nSPS) is 11.5. The lowest BCUT2D eigenvalue weighted by Gasteiger charge is -2.15. The number of carbonyl (C=O) groups is 1. The fraction of sp³-hybridized carbons (Fsp3) is 0.0870. The number of nitro groups is 1. The van der Waals surface area contributed by atoms with Gasteiger partial charge in [-0.15, -0.1) is 0 Å². The highest BCUT2D eigenvalue weighted by Crippen LogP contribution is 2.29. The number of aryl methyl sites for hydroxylation is 1. The van der Waals surface area contributed by atoms with Gasteiger partial charge in [-0.2, -0.15) is 0 Å². The van der Waals surface area contributed by atoms with Crippen LogP contribution in [0.25, 0.3) is 16.6 Å². The molecule has 4 aromatic rings. The van der Waals surface area contributed by atoms with E-state index in [1.807, 2.05) is 6.07 Å². The number of nitrogens with zero attached hydrogens (tertiary/aromatic N) is 3. The number of halogens is 2. The standard InChI is InChI=1S/C23H17I2N5O6S2/c1-12-3-2-4-18(30(33)34)20(12)27-19(31)11-37-23-28-21-16(9-13(24)10-17(21)25)22(32)29(23)14-5-7-15(8-6-14)38(26,35)36/h2-10H,11H2,1H3,(H,27,31)(H2,26,35,36). The maximum Gasteiger partial charge on any atom is 0.293 e. The van der Waals surface area contributed by atoms with Gasteiger partial charge in [0.2, 0.25) is 15.9 Å². The molecule has 0 bridgehead atoms. The van der Waals surface area contributed by atoms with E-state index >= 15 is 0 Å². The van der Waals surface area contributed by atoms with E-state index in [-0.39, 0.29) is 27.2 Å². The Hall–Kier alpha value is -2.61. The largest absolute Gasteiger partial charge is 0.319 e. The minimum atomic E-state index is -3.94. The SMILES string of the molecule is Cc1cccc([N+](=O)[O-])c1NC(=O)CSc1nc2c(I)cc(I)cc2c(=O)n1-c1ccc(S(N)(=O)=O)cc1. The number of benzene rings is 3. The van der Waals surface area contributed by atoms with Gasteiger partial charge in [0.15, 0.2) is 5.16 Å². The Morgan fingerprint density at radius 2 is 1.87 bits per heavy atom. The fourth-order valence-corrected chi connectivity index (χ4v) is 6.86. The minimum Gasteiger partial charge on any atom is -0.319 e. The van der Waals surface area contributed by atoms with Gasteiger partial charge >= 0.3 is 0 Å². The molecule has 3 aromatic carbocycles. The van der Waals surface area contributed by atoms with E-state index in [0.717, 1.165) is 18.9 Å². The molecule has 0 aliphatic heterocycles. The number of aromatic nitrogens is 2. The number of rotatable bonds is 7. The first-order valence-corrected chi connectivity index (χ1v) is 15.3. The number of primary sulfonamides is 1. The maximum absolute atomic E-state index is 13.6. The predicted molar refractivity (Wildman–Crippen MR) is 161 cm³/mol. The predicted octanol–water partition coefficient (Wildman–Crippen LogP) is 4.19. The van der Waals surface area contributed by atoms with Crippen molar-refractivity contribution >= 4 is 95.2 Å². The molecule has 0 saturated carbocycles. The quantitative estimate of drug-likeness (QED) is 0.0927. The third-order valence-electron chi connectivity index (χ3n) is 5.33. The number of amides is 1. The van der Waals surface area contributed by atoms with Gasteiger partial charge in [0.05, 0.1) is 32.2 Å². The number of nitrogens with one attached hydrogen (secondary N) is 1. The summed E-state index contributed by atoms with van der Waals surface area (Å²) in [6.45, 7) is 1.65. The fourth-order valence-electron chi connectivity index (χ4n) is 3.58. The number of thioether (sulfide) groups is 1. The van der Waals surface area contributed by atoms with E-state index in [1.54, 1.807) is 19.1 Å². The van der Waals surface area contributed by atoms with Crippen LogP contribution in [0.3, 0.4) is 0 Å². The van der Waals surface area contributed by atoms with Crippen LogP contribution in [0.15, 0.2) is 69.4 Å². The first-order valence-electron chi connectivity index (χ1n) is 10.6. The van der Waals surface area contributed by atoms with Crippen molar-refractivity contribution in [1.82, 2.24) is 9.55 Å². The van der Waals surface area contributed by atoms with Crippen molar-refractivity contribution in [3.63, 3.8) is 0 Å². The second-order valence-corrected chi connectivity index (χ2v) is 12.8. The zero-order chi connectivity index (χ0) is 27.8. The number of hydrogen-bond donors (Lipinski definition) is 2. The molecule has 3 N–H and O–H groups in total. The maximum atomic E-state index is 13.6. The molecule has 1 amide bonds. The van der Waals surface area contributed by atoms with Crippen LogP contribution in [0.2, 0.25) is 0 Å². The molecule has 0 aliphatic carbocycles. The number of sulfonamides is 1. The molecule has 0 aliphatic rings. The molecule has 0 spiro atoms. The Morgan fingerprint density at radius 3 is 2.50 bits per heavy atom. The molecule has 1 heterocycles. The Balaban J connectivity index is 1.76. The smallest absolute Gasteiger partial charge is 0.293 e. The van der Waals surface area contributed by atoms with E-state index in [1.165, 1.54) is 41.0 Å². The molecule has 196 valence electrons. The van der Waals surface area contributed by atoms with E-state index in [2.05, 4.69) is 55.5 Å². The Morgan fingerprint density at radius 1 is 1.18 bits per heavy atom. The van der Waals surface area contributed by atoms with Gasteiger partial charge < -0.3 is 5.32 Å². The molecular formula is C23H17I2N5O6S2. The number of nitro benzene ring substituents is 1. The Bertz CT molecular complexity index is 1780. The number of hydrogen-bond acceptors (Lipinski definition) is 8. The second-order valence-electron chi connectivity index (χ2n) is 7.92. The summed E-state index contributed by atoms with van der Waals surface area (Å²) in [6, 6.07) is 13.4. The molecule has 1 aromatic heterocycles. The average molecular weight is 777 g/mol. The topological polar surface area (TPSA) is 167 Å². The van der Waals surface area contributed by atoms with Crippen LogP contribution >= 0.6 is 56.9 Å². The van der Waals surface area contributed by atoms with E-state index in [9.17, 15) is 28.1 Å². The van der Waals surface area contributed by atoms with Crippen molar-refractivity contribution in [1.29, 1.82) is 0 Å². The second kappa shape index (κ2) is 11.2. The van der Waals surface area contributed by atoms with Crippen LogP contribution in [-0.2, 0) is 14.8 Å². The lowest BCUT2D eigenvalue weighted by molar-refractivity contribution is -0.384. The minimum absolute atomic E-state index is 0.0923. The number of para-hydroxylation sites is 1. The van der Waals surface area contributed by atoms with Gasteiger partial charge in [-0.3, -0.25) is 24.3 Å². The van der Waals surface area contributed by atoms with Crippen LogP contribution in [0, 0.1) is 24.2 Å². The zero-order valence-corrected chi connectivity index (χ0v) is 25.3. The van der Waals surface area contributed by atoms with Gasteiger partial charge in [-0.25, -0.2) is 18.5 Å². The van der Waals surface area contributed by atoms with Crippen LogP contribution in [-0.4, -0.2) is 34.6 Å². The summed E-state index contributed by atoms with van der Waals surface area (Å²) < 4.78 is 26.2. The summed E-state index contributed by atoms with van der Waals surface area (Å²) in [5.74, 6) is -0.741. The summed E-state index contributed by atoms with van der Waals surface area (Å²) >= 11 is 5.14. The molecule has 0 saturated heterocycles. The molecule has 4 rings (SSSR count). The molecule has 0 radical (unpaired) electrons.